The molecule has 1 heterocycles. The summed E-state index contributed by atoms with van der Waals surface area (Å²) in [6.45, 7) is 1.03. The summed E-state index contributed by atoms with van der Waals surface area (Å²) in [5, 5.41) is 0. The van der Waals surface area contributed by atoms with Crippen LogP contribution in [0.2, 0.25) is 0 Å². The zero-order chi connectivity index (χ0) is 16.7. The number of fused-ring (bicyclic) bond motifs is 1. The molecule has 1 N–H and O–H groups in total. The first-order chi connectivity index (χ1) is 11.5. The number of likely N-dealkylation sites (tertiary alicyclic amines) is 1. The second kappa shape index (κ2) is 6.15. The molecular formula is C18H24N2O3S. The molecule has 1 aliphatic heterocycles. The summed E-state index contributed by atoms with van der Waals surface area (Å²) >= 11 is 0. The van der Waals surface area contributed by atoms with Crippen LogP contribution in [0, 0.1) is 5.92 Å². The Morgan fingerprint density at radius 2 is 1.88 bits per heavy atom. The van der Waals surface area contributed by atoms with E-state index in [9.17, 15) is 13.2 Å². The van der Waals surface area contributed by atoms with Crippen LogP contribution in [0.3, 0.4) is 0 Å². The monoisotopic (exact) mass is 348 g/mol. The Morgan fingerprint density at radius 3 is 2.62 bits per heavy atom. The number of amides is 1. The topological polar surface area (TPSA) is 66.5 Å². The van der Waals surface area contributed by atoms with Crippen LogP contribution in [-0.4, -0.2) is 38.4 Å². The van der Waals surface area contributed by atoms with E-state index in [4.69, 9.17) is 0 Å². The van der Waals surface area contributed by atoms with Crippen molar-refractivity contribution in [3.8, 4) is 0 Å². The van der Waals surface area contributed by atoms with Gasteiger partial charge in [0.1, 0.15) is 0 Å². The first-order valence-corrected chi connectivity index (χ1v) is 10.4. The third-order valence-corrected chi connectivity index (χ3v) is 6.84. The summed E-state index contributed by atoms with van der Waals surface area (Å²) in [6.07, 6.45) is 6.98. The number of hydrogen-bond donors (Lipinski definition) is 1. The molecule has 1 aromatic carbocycles. The lowest BCUT2D eigenvalue weighted by molar-refractivity contribution is -0.128. The van der Waals surface area contributed by atoms with Crippen molar-refractivity contribution in [2.45, 2.75) is 55.9 Å². The average Bonchev–Trinajstić information content (AvgIpc) is 3.35. The predicted molar refractivity (Wildman–Crippen MR) is 91.1 cm³/mol. The molecule has 1 unspecified atom stereocenters. The van der Waals surface area contributed by atoms with Crippen molar-refractivity contribution in [1.29, 1.82) is 0 Å². The number of benzene rings is 1. The highest BCUT2D eigenvalue weighted by Gasteiger charge is 2.39. The molecule has 130 valence electrons. The van der Waals surface area contributed by atoms with Gasteiger partial charge < -0.3 is 4.90 Å². The van der Waals surface area contributed by atoms with Crippen molar-refractivity contribution < 1.29 is 13.2 Å². The number of carbonyl (C=O) groups is 1. The molecule has 3 aliphatic rings. The lowest BCUT2D eigenvalue weighted by Gasteiger charge is -2.18. The van der Waals surface area contributed by atoms with Crippen LogP contribution in [0.15, 0.2) is 23.1 Å². The van der Waals surface area contributed by atoms with Crippen LogP contribution in [0.1, 0.15) is 43.2 Å². The van der Waals surface area contributed by atoms with E-state index in [0.29, 0.717) is 30.4 Å². The fourth-order valence-corrected chi connectivity index (χ4v) is 5.04. The highest BCUT2D eigenvalue weighted by Crippen LogP contribution is 2.32. The lowest BCUT2D eigenvalue weighted by Crippen LogP contribution is -2.32. The molecule has 0 aromatic heterocycles. The van der Waals surface area contributed by atoms with Crippen molar-refractivity contribution in [3.63, 3.8) is 0 Å². The fraction of sp³-hybridized carbons (Fsp3) is 0.611. The molecule has 4 rings (SSSR count). The Kier molecular flexibility index (Phi) is 4.12. The Hall–Kier alpha value is -1.40. The lowest BCUT2D eigenvalue weighted by atomic mass is 9.92. The fourth-order valence-electron chi connectivity index (χ4n) is 3.87. The van der Waals surface area contributed by atoms with Gasteiger partial charge in [-0.1, -0.05) is 6.07 Å². The van der Waals surface area contributed by atoms with E-state index >= 15 is 0 Å². The van der Waals surface area contributed by atoms with Crippen LogP contribution in [0.25, 0.3) is 0 Å². The number of hydrogen-bond acceptors (Lipinski definition) is 3. The summed E-state index contributed by atoms with van der Waals surface area (Å²) in [5.41, 5.74) is 2.45. The smallest absolute Gasteiger partial charge is 0.240 e. The minimum atomic E-state index is -3.50. The summed E-state index contributed by atoms with van der Waals surface area (Å²) < 4.78 is 27.9. The van der Waals surface area contributed by atoms with Gasteiger partial charge in [0.2, 0.25) is 15.9 Å². The Bertz CT molecular complexity index is 756. The molecule has 1 saturated heterocycles. The Morgan fingerprint density at radius 1 is 1.12 bits per heavy atom. The number of aryl methyl sites for hydroxylation is 2. The Balaban J connectivity index is 1.41. The van der Waals surface area contributed by atoms with Crippen LogP contribution in [-0.2, 0) is 27.7 Å². The molecule has 0 bridgehead atoms. The Labute approximate surface area is 143 Å². The van der Waals surface area contributed by atoms with Crippen molar-refractivity contribution in [3.05, 3.63) is 29.3 Å². The van der Waals surface area contributed by atoms with Gasteiger partial charge >= 0.3 is 0 Å². The first-order valence-electron chi connectivity index (χ1n) is 8.94. The van der Waals surface area contributed by atoms with Crippen molar-refractivity contribution in [1.82, 2.24) is 9.62 Å². The van der Waals surface area contributed by atoms with Crippen LogP contribution < -0.4 is 4.72 Å². The number of nitrogens with one attached hydrogen (secondary N) is 1. The van der Waals surface area contributed by atoms with E-state index in [1.807, 2.05) is 17.0 Å². The van der Waals surface area contributed by atoms with Crippen molar-refractivity contribution >= 4 is 15.9 Å². The number of nitrogens with zero attached hydrogens (tertiary/aromatic N) is 1. The first kappa shape index (κ1) is 16.1. The third kappa shape index (κ3) is 3.22. The molecule has 24 heavy (non-hydrogen) atoms. The number of rotatable bonds is 5. The van der Waals surface area contributed by atoms with E-state index in [0.717, 1.165) is 32.1 Å². The zero-order valence-corrected chi connectivity index (χ0v) is 14.6. The summed E-state index contributed by atoms with van der Waals surface area (Å²) in [6, 6.07) is 5.91. The predicted octanol–water partition coefficient (Wildman–Crippen LogP) is 1.85. The molecule has 2 fully saturated rings. The molecule has 1 saturated carbocycles. The van der Waals surface area contributed by atoms with E-state index < -0.39 is 10.0 Å². The molecule has 1 aromatic rings. The highest BCUT2D eigenvalue weighted by molar-refractivity contribution is 7.89. The van der Waals surface area contributed by atoms with Gasteiger partial charge in [-0.15, -0.1) is 0 Å². The molecule has 5 nitrogen and oxygen atoms in total. The van der Waals surface area contributed by atoms with E-state index in [2.05, 4.69) is 4.72 Å². The molecular weight excluding hydrogens is 324 g/mol. The van der Waals surface area contributed by atoms with Crippen molar-refractivity contribution in [2.24, 2.45) is 5.92 Å². The van der Waals surface area contributed by atoms with Gasteiger partial charge in [-0.25, -0.2) is 13.1 Å². The molecule has 1 amide bonds. The molecule has 0 radical (unpaired) electrons. The average molecular weight is 348 g/mol. The summed E-state index contributed by atoms with van der Waals surface area (Å²) in [4.78, 5) is 14.3. The molecule has 6 heteroatoms. The maximum atomic E-state index is 12.6. The van der Waals surface area contributed by atoms with Crippen molar-refractivity contribution in [2.75, 3.05) is 13.1 Å². The van der Waals surface area contributed by atoms with Gasteiger partial charge in [0.05, 0.1) is 4.90 Å². The number of carbonyl (C=O) groups excluding carboxylic acids is 1. The summed E-state index contributed by atoms with van der Waals surface area (Å²) in [5.74, 6) is 0.265. The quantitative estimate of drug-likeness (QED) is 0.883. The second-order valence-corrected chi connectivity index (χ2v) is 9.10. The maximum absolute atomic E-state index is 12.6. The molecule has 1 atom stereocenters. The number of sulfonamides is 1. The SMILES string of the molecule is O=C1CC(CNS(=O)(=O)c2ccc3c(c2)CCCC3)CN1C1CC1. The maximum Gasteiger partial charge on any atom is 0.240 e. The zero-order valence-electron chi connectivity index (χ0n) is 13.8. The van der Waals surface area contributed by atoms with E-state index in [-0.39, 0.29) is 11.8 Å². The van der Waals surface area contributed by atoms with Crippen LogP contribution in [0.5, 0.6) is 0 Å². The highest BCUT2D eigenvalue weighted by atomic mass is 32.2. The molecule has 2 aliphatic carbocycles. The second-order valence-electron chi connectivity index (χ2n) is 7.34. The van der Waals surface area contributed by atoms with Crippen LogP contribution in [0.4, 0.5) is 0 Å². The van der Waals surface area contributed by atoms with Gasteiger partial charge in [0.15, 0.2) is 0 Å². The van der Waals surface area contributed by atoms with E-state index in [1.165, 1.54) is 17.5 Å². The van der Waals surface area contributed by atoms with Gasteiger partial charge in [-0.3, -0.25) is 4.79 Å². The van der Waals surface area contributed by atoms with E-state index in [1.54, 1.807) is 6.07 Å². The van der Waals surface area contributed by atoms with Crippen LogP contribution >= 0.6 is 0 Å². The normalized spacial score (nSPS) is 24.2. The van der Waals surface area contributed by atoms with Gasteiger partial charge in [-0.05, 0) is 67.7 Å². The van der Waals surface area contributed by atoms with Gasteiger partial charge in [0, 0.05) is 25.6 Å². The largest absolute Gasteiger partial charge is 0.339 e. The van der Waals surface area contributed by atoms with Gasteiger partial charge in [0.25, 0.3) is 0 Å². The van der Waals surface area contributed by atoms with Gasteiger partial charge in [-0.2, -0.15) is 0 Å². The summed E-state index contributed by atoms with van der Waals surface area (Å²) in [7, 11) is -3.50. The standard InChI is InChI=1S/C18H24N2O3S/c21-18-9-13(12-20(18)16-6-7-16)11-19-24(22,23)17-8-5-14-3-1-2-4-15(14)10-17/h5,8,10,13,16,19H,1-4,6-7,9,11-12H2. The molecule has 0 spiro atoms. The minimum absolute atomic E-state index is 0.0884. The third-order valence-electron chi connectivity index (χ3n) is 5.42. The minimum Gasteiger partial charge on any atom is -0.339 e.